The Morgan fingerprint density at radius 2 is 2.14 bits per heavy atom. The molecule has 1 aliphatic carbocycles. The standard InChI is InChI=1S/C16H21NO4/c18-14-8-16(9-14,13-4-2-1-3-5-13)15(19)17-21-11-12-6-7-20-10-12/h1-5,12,14,18H,6-11H2,(H,17,19). The van der Waals surface area contributed by atoms with E-state index in [0.29, 0.717) is 32.0 Å². The predicted octanol–water partition coefficient (Wildman–Crippen LogP) is 1.16. The highest BCUT2D eigenvalue weighted by Gasteiger charge is 2.51. The van der Waals surface area contributed by atoms with Crippen molar-refractivity contribution >= 4 is 5.91 Å². The summed E-state index contributed by atoms with van der Waals surface area (Å²) < 4.78 is 5.27. The summed E-state index contributed by atoms with van der Waals surface area (Å²) in [6.45, 7) is 1.93. The number of aliphatic hydroxyl groups excluding tert-OH is 1. The molecule has 1 amide bonds. The first-order valence-electron chi connectivity index (χ1n) is 7.44. The number of hydrogen-bond acceptors (Lipinski definition) is 4. The second-order valence-electron chi connectivity index (χ2n) is 5.98. The molecule has 0 radical (unpaired) electrons. The third-order valence-corrected chi connectivity index (χ3v) is 4.44. The number of hydrogen-bond donors (Lipinski definition) is 2. The van der Waals surface area contributed by atoms with Crippen LogP contribution in [0.5, 0.6) is 0 Å². The van der Waals surface area contributed by atoms with Gasteiger partial charge in [-0.3, -0.25) is 9.63 Å². The lowest BCUT2D eigenvalue weighted by molar-refractivity contribution is -0.149. The fourth-order valence-electron chi connectivity index (χ4n) is 3.09. The molecule has 1 unspecified atom stereocenters. The largest absolute Gasteiger partial charge is 0.393 e. The number of hydroxylamine groups is 1. The van der Waals surface area contributed by atoms with Crippen LogP contribution < -0.4 is 5.48 Å². The van der Waals surface area contributed by atoms with Gasteiger partial charge in [0.05, 0.1) is 24.7 Å². The SMILES string of the molecule is O=C(NOCC1CCOC1)C1(c2ccccc2)CC(O)C1. The maximum Gasteiger partial charge on any atom is 0.254 e. The van der Waals surface area contributed by atoms with Gasteiger partial charge in [0.2, 0.25) is 0 Å². The Bertz CT molecular complexity index is 478. The van der Waals surface area contributed by atoms with Crippen molar-refractivity contribution in [1.29, 1.82) is 0 Å². The molecule has 0 spiro atoms. The van der Waals surface area contributed by atoms with Crippen LogP contribution in [0.3, 0.4) is 0 Å². The smallest absolute Gasteiger partial charge is 0.254 e. The molecular weight excluding hydrogens is 270 g/mol. The van der Waals surface area contributed by atoms with Crippen molar-refractivity contribution in [3.8, 4) is 0 Å². The van der Waals surface area contributed by atoms with Crippen molar-refractivity contribution in [1.82, 2.24) is 5.48 Å². The van der Waals surface area contributed by atoms with Gasteiger partial charge in [0.15, 0.2) is 0 Å². The number of ether oxygens (including phenoxy) is 1. The van der Waals surface area contributed by atoms with E-state index in [-0.39, 0.29) is 5.91 Å². The van der Waals surface area contributed by atoms with Gasteiger partial charge in [-0.05, 0) is 24.8 Å². The topological polar surface area (TPSA) is 67.8 Å². The van der Waals surface area contributed by atoms with Gasteiger partial charge in [-0.25, -0.2) is 5.48 Å². The van der Waals surface area contributed by atoms with E-state index in [1.165, 1.54) is 0 Å². The van der Waals surface area contributed by atoms with Gasteiger partial charge in [-0.15, -0.1) is 0 Å². The normalized spacial score (nSPS) is 31.7. The lowest BCUT2D eigenvalue weighted by Gasteiger charge is -2.44. The van der Waals surface area contributed by atoms with Gasteiger partial charge in [0, 0.05) is 12.5 Å². The van der Waals surface area contributed by atoms with Crippen LogP contribution in [0, 0.1) is 5.92 Å². The zero-order valence-corrected chi connectivity index (χ0v) is 12.0. The van der Waals surface area contributed by atoms with Crippen molar-refractivity contribution in [2.75, 3.05) is 19.8 Å². The summed E-state index contributed by atoms with van der Waals surface area (Å²) in [5.41, 5.74) is 2.84. The summed E-state index contributed by atoms with van der Waals surface area (Å²) in [5.74, 6) is 0.183. The average Bonchev–Trinajstić information content (AvgIpc) is 2.97. The molecule has 2 fully saturated rings. The molecule has 1 heterocycles. The molecule has 1 atom stereocenters. The number of benzene rings is 1. The third kappa shape index (κ3) is 2.95. The summed E-state index contributed by atoms with van der Waals surface area (Å²) in [7, 11) is 0. The van der Waals surface area contributed by atoms with E-state index in [4.69, 9.17) is 9.57 Å². The molecule has 21 heavy (non-hydrogen) atoms. The van der Waals surface area contributed by atoms with Gasteiger partial charge in [0.25, 0.3) is 5.91 Å². The molecule has 1 saturated heterocycles. The van der Waals surface area contributed by atoms with Crippen LogP contribution >= 0.6 is 0 Å². The summed E-state index contributed by atoms with van der Waals surface area (Å²) in [6.07, 6.45) is 1.44. The van der Waals surface area contributed by atoms with Crippen molar-refractivity contribution in [2.45, 2.75) is 30.8 Å². The lowest BCUT2D eigenvalue weighted by atomic mass is 9.62. The van der Waals surface area contributed by atoms with Crippen molar-refractivity contribution in [3.63, 3.8) is 0 Å². The Morgan fingerprint density at radius 3 is 2.76 bits per heavy atom. The highest BCUT2D eigenvalue weighted by atomic mass is 16.7. The van der Waals surface area contributed by atoms with Gasteiger partial charge < -0.3 is 9.84 Å². The van der Waals surface area contributed by atoms with E-state index >= 15 is 0 Å². The highest BCUT2D eigenvalue weighted by Crippen LogP contribution is 2.44. The minimum atomic E-state index is -0.660. The molecule has 0 aromatic heterocycles. The van der Waals surface area contributed by atoms with Crippen LogP contribution in [-0.4, -0.2) is 36.9 Å². The van der Waals surface area contributed by atoms with Crippen LogP contribution in [0.2, 0.25) is 0 Å². The molecular formula is C16H21NO4. The Hall–Kier alpha value is -1.43. The lowest BCUT2D eigenvalue weighted by Crippen LogP contribution is -2.55. The molecule has 3 rings (SSSR count). The number of aliphatic hydroxyl groups is 1. The fraction of sp³-hybridized carbons (Fsp3) is 0.562. The Balaban J connectivity index is 1.60. The second kappa shape index (κ2) is 6.13. The average molecular weight is 291 g/mol. The van der Waals surface area contributed by atoms with Crippen molar-refractivity contribution in [2.24, 2.45) is 5.92 Å². The summed E-state index contributed by atoms with van der Waals surface area (Å²) in [4.78, 5) is 17.8. The van der Waals surface area contributed by atoms with Crippen LogP contribution in [0.15, 0.2) is 30.3 Å². The van der Waals surface area contributed by atoms with E-state index in [1.54, 1.807) is 0 Å². The molecule has 1 saturated carbocycles. The van der Waals surface area contributed by atoms with Gasteiger partial charge in [-0.2, -0.15) is 0 Å². The van der Waals surface area contributed by atoms with Crippen molar-refractivity contribution in [3.05, 3.63) is 35.9 Å². The number of carbonyl (C=O) groups excluding carboxylic acids is 1. The molecule has 2 aliphatic rings. The predicted molar refractivity (Wildman–Crippen MR) is 76.4 cm³/mol. The molecule has 0 bridgehead atoms. The van der Waals surface area contributed by atoms with Crippen LogP contribution in [-0.2, 0) is 19.8 Å². The van der Waals surface area contributed by atoms with E-state index in [1.807, 2.05) is 30.3 Å². The van der Waals surface area contributed by atoms with Gasteiger partial charge in [-0.1, -0.05) is 30.3 Å². The van der Waals surface area contributed by atoms with Crippen molar-refractivity contribution < 1.29 is 19.5 Å². The molecule has 2 N–H and O–H groups in total. The number of rotatable bonds is 5. The number of carbonyl (C=O) groups is 1. The molecule has 1 aromatic rings. The van der Waals surface area contributed by atoms with Gasteiger partial charge >= 0.3 is 0 Å². The van der Waals surface area contributed by atoms with Crippen LogP contribution in [0.1, 0.15) is 24.8 Å². The number of nitrogens with one attached hydrogen (secondary N) is 1. The van der Waals surface area contributed by atoms with E-state index in [0.717, 1.165) is 18.6 Å². The summed E-state index contributed by atoms with van der Waals surface area (Å²) in [6, 6.07) is 9.59. The highest BCUT2D eigenvalue weighted by molar-refractivity contribution is 5.88. The first-order chi connectivity index (χ1) is 10.2. The molecule has 1 aromatic carbocycles. The Labute approximate surface area is 124 Å². The monoisotopic (exact) mass is 291 g/mol. The van der Waals surface area contributed by atoms with Gasteiger partial charge in [0.1, 0.15) is 0 Å². The van der Waals surface area contributed by atoms with E-state index in [2.05, 4.69) is 5.48 Å². The first-order valence-corrected chi connectivity index (χ1v) is 7.44. The summed E-state index contributed by atoms with van der Waals surface area (Å²) in [5, 5.41) is 9.65. The quantitative estimate of drug-likeness (QED) is 0.799. The zero-order chi connectivity index (χ0) is 14.7. The fourth-order valence-corrected chi connectivity index (χ4v) is 3.09. The minimum Gasteiger partial charge on any atom is -0.393 e. The summed E-state index contributed by atoms with van der Waals surface area (Å²) >= 11 is 0. The second-order valence-corrected chi connectivity index (χ2v) is 5.98. The molecule has 114 valence electrons. The zero-order valence-electron chi connectivity index (χ0n) is 12.0. The Morgan fingerprint density at radius 1 is 1.38 bits per heavy atom. The minimum absolute atomic E-state index is 0.169. The number of amides is 1. The van der Waals surface area contributed by atoms with Crippen LogP contribution in [0.25, 0.3) is 0 Å². The maximum absolute atomic E-state index is 12.5. The molecule has 1 aliphatic heterocycles. The van der Waals surface area contributed by atoms with E-state index < -0.39 is 11.5 Å². The van der Waals surface area contributed by atoms with E-state index in [9.17, 15) is 9.90 Å². The molecule has 5 nitrogen and oxygen atoms in total. The maximum atomic E-state index is 12.5. The molecule has 5 heteroatoms. The Kier molecular flexibility index (Phi) is 4.24. The third-order valence-electron chi connectivity index (χ3n) is 4.44. The van der Waals surface area contributed by atoms with Crippen LogP contribution in [0.4, 0.5) is 0 Å². The first kappa shape index (κ1) is 14.5.